The molecular weight excluding hydrogens is 661 g/mol. The van der Waals surface area contributed by atoms with Crippen LogP contribution in [0.15, 0.2) is 81.6 Å². The molecular formula is C30H28BrCl2N5O3S. The number of aromatic nitrogens is 3. The Bertz CT molecular complexity index is 1650. The Morgan fingerprint density at radius 2 is 1.95 bits per heavy atom. The quantitative estimate of drug-likeness (QED) is 0.162. The van der Waals surface area contributed by atoms with Crippen LogP contribution in [0.25, 0.3) is 0 Å². The van der Waals surface area contributed by atoms with E-state index in [2.05, 4.69) is 33.5 Å². The Balaban J connectivity index is 1.54. The van der Waals surface area contributed by atoms with Crippen molar-refractivity contribution in [3.63, 3.8) is 0 Å². The second kappa shape index (κ2) is 13.4. The first kappa shape index (κ1) is 30.3. The van der Waals surface area contributed by atoms with Gasteiger partial charge in [-0.25, -0.2) is 4.68 Å². The number of nitrogens with zero attached hydrogens (tertiary/aromatic N) is 3. The van der Waals surface area contributed by atoms with Gasteiger partial charge < -0.3 is 20.1 Å². The third-order valence-electron chi connectivity index (χ3n) is 6.50. The molecule has 42 heavy (non-hydrogen) atoms. The van der Waals surface area contributed by atoms with Gasteiger partial charge in [-0.1, -0.05) is 66.2 Å². The Kier molecular flexibility index (Phi) is 9.67. The molecule has 12 heteroatoms. The van der Waals surface area contributed by atoms with Crippen molar-refractivity contribution in [3.8, 4) is 11.5 Å². The van der Waals surface area contributed by atoms with E-state index >= 15 is 0 Å². The van der Waals surface area contributed by atoms with E-state index in [9.17, 15) is 4.79 Å². The maximum Gasteiger partial charge on any atom is 0.255 e. The van der Waals surface area contributed by atoms with E-state index in [1.165, 1.54) is 0 Å². The van der Waals surface area contributed by atoms with E-state index in [0.717, 1.165) is 23.3 Å². The smallest absolute Gasteiger partial charge is 0.255 e. The molecule has 1 aliphatic heterocycles. The third kappa shape index (κ3) is 6.57. The van der Waals surface area contributed by atoms with Gasteiger partial charge in [0.1, 0.15) is 12.6 Å². The number of amides is 1. The van der Waals surface area contributed by atoms with Gasteiger partial charge in [0.25, 0.3) is 5.91 Å². The Morgan fingerprint density at radius 1 is 1.17 bits per heavy atom. The van der Waals surface area contributed by atoms with Crippen LogP contribution in [0.4, 0.5) is 11.6 Å². The lowest BCUT2D eigenvalue weighted by atomic mass is 9.94. The second-order valence-corrected chi connectivity index (χ2v) is 12.2. The summed E-state index contributed by atoms with van der Waals surface area (Å²) in [5.74, 6) is 2.15. The number of hydrogen-bond donors (Lipinski definition) is 2. The summed E-state index contributed by atoms with van der Waals surface area (Å²) in [6.07, 6.45) is 0.986. The maximum absolute atomic E-state index is 13.8. The number of halogens is 3. The summed E-state index contributed by atoms with van der Waals surface area (Å²) in [7, 11) is 1.57. The van der Waals surface area contributed by atoms with Crippen molar-refractivity contribution in [2.45, 2.75) is 38.1 Å². The van der Waals surface area contributed by atoms with Gasteiger partial charge in [0, 0.05) is 32.7 Å². The Hall–Kier alpha value is -3.18. The molecule has 0 saturated heterocycles. The first-order chi connectivity index (χ1) is 20.3. The highest BCUT2D eigenvalue weighted by Crippen LogP contribution is 2.43. The first-order valence-corrected chi connectivity index (χ1v) is 15.7. The van der Waals surface area contributed by atoms with E-state index in [1.807, 2.05) is 55.5 Å². The summed E-state index contributed by atoms with van der Waals surface area (Å²) in [4.78, 5) is 18.5. The summed E-state index contributed by atoms with van der Waals surface area (Å²) in [6.45, 7) is 4.17. The summed E-state index contributed by atoms with van der Waals surface area (Å²) < 4.78 is 14.3. The highest BCUT2D eigenvalue weighted by atomic mass is 79.9. The standard InChI is InChI=1S/C30H28BrCl2N5O3S/c1-4-12-42-30-36-29-34-17(2)25(28(39)35-21-8-6-5-7-9-21)26(38(29)37-30)19-13-22(31)27(24(14-19)40-3)41-16-18-10-11-20(32)15-23(18)33/h5-11,13-15,26H,4,12,16H2,1-3H3,(H,35,39)(H,34,36,37). The van der Waals surface area contributed by atoms with E-state index in [-0.39, 0.29) is 12.5 Å². The molecule has 1 aromatic heterocycles. The highest BCUT2D eigenvalue weighted by Gasteiger charge is 2.35. The van der Waals surface area contributed by atoms with Crippen LogP contribution in [0.1, 0.15) is 37.4 Å². The van der Waals surface area contributed by atoms with Gasteiger partial charge in [0.2, 0.25) is 11.1 Å². The van der Waals surface area contributed by atoms with Crippen molar-refractivity contribution in [3.05, 3.63) is 97.6 Å². The number of carbonyl (C=O) groups is 1. The van der Waals surface area contributed by atoms with Gasteiger partial charge in [-0.2, -0.15) is 4.98 Å². The minimum atomic E-state index is -0.599. The summed E-state index contributed by atoms with van der Waals surface area (Å²) in [5, 5.41) is 12.8. The fraction of sp³-hybridized carbons (Fsp3) is 0.233. The number of ether oxygens (including phenoxy) is 2. The lowest BCUT2D eigenvalue weighted by Gasteiger charge is -2.29. The van der Waals surface area contributed by atoms with E-state index < -0.39 is 6.04 Å². The summed E-state index contributed by atoms with van der Waals surface area (Å²) in [5.41, 5.74) is 3.40. The molecule has 0 spiro atoms. The summed E-state index contributed by atoms with van der Waals surface area (Å²) >= 11 is 17.7. The topological polar surface area (TPSA) is 90.3 Å². The van der Waals surface area contributed by atoms with Crippen LogP contribution >= 0.6 is 50.9 Å². The average Bonchev–Trinajstić information content (AvgIpc) is 3.37. The van der Waals surface area contributed by atoms with Crippen molar-refractivity contribution < 1.29 is 14.3 Å². The Morgan fingerprint density at radius 3 is 2.67 bits per heavy atom. The zero-order valence-electron chi connectivity index (χ0n) is 23.1. The highest BCUT2D eigenvalue weighted by molar-refractivity contribution is 9.10. The number of carbonyl (C=O) groups excluding carboxylic acids is 1. The molecule has 0 bridgehead atoms. The molecule has 2 heterocycles. The van der Waals surface area contributed by atoms with E-state index in [1.54, 1.807) is 35.7 Å². The number of methoxy groups -OCH3 is 1. The SMILES string of the molecule is CCCSc1nc2n(n1)C(c1cc(Br)c(OCc3ccc(Cl)cc3Cl)c(OC)c1)C(C(=O)Nc1ccccc1)=C(C)N2. The van der Waals surface area contributed by atoms with Gasteiger partial charge in [-0.3, -0.25) is 4.79 Å². The normalized spacial score (nSPS) is 14.3. The number of fused-ring (bicyclic) bond motifs is 1. The molecule has 4 aromatic rings. The second-order valence-electron chi connectivity index (χ2n) is 9.46. The molecule has 0 aliphatic carbocycles. The lowest BCUT2D eigenvalue weighted by Crippen LogP contribution is -2.31. The van der Waals surface area contributed by atoms with E-state index in [0.29, 0.717) is 54.1 Å². The fourth-order valence-electron chi connectivity index (χ4n) is 4.53. The molecule has 0 saturated carbocycles. The minimum Gasteiger partial charge on any atom is -0.493 e. The van der Waals surface area contributed by atoms with Crippen molar-refractivity contribution in [1.29, 1.82) is 0 Å². The molecule has 1 amide bonds. The number of para-hydroxylation sites is 1. The largest absolute Gasteiger partial charge is 0.493 e. The number of hydrogen-bond acceptors (Lipinski definition) is 7. The van der Waals surface area contributed by atoms with Gasteiger partial charge >= 0.3 is 0 Å². The third-order valence-corrected chi connectivity index (χ3v) is 8.72. The molecule has 2 N–H and O–H groups in total. The fourth-order valence-corrected chi connectivity index (χ4v) is 6.26. The average molecular weight is 689 g/mol. The zero-order chi connectivity index (χ0) is 29.8. The van der Waals surface area contributed by atoms with Crippen LogP contribution < -0.4 is 20.1 Å². The van der Waals surface area contributed by atoms with Crippen LogP contribution in [-0.2, 0) is 11.4 Å². The first-order valence-electron chi connectivity index (χ1n) is 13.2. The molecule has 5 rings (SSSR count). The summed E-state index contributed by atoms with van der Waals surface area (Å²) in [6, 6.07) is 17.8. The number of thioether (sulfide) groups is 1. The van der Waals surface area contributed by atoms with Crippen molar-refractivity contribution >= 4 is 68.4 Å². The van der Waals surface area contributed by atoms with Crippen LogP contribution in [0.3, 0.4) is 0 Å². The number of benzene rings is 3. The minimum absolute atomic E-state index is 0.201. The van der Waals surface area contributed by atoms with Crippen LogP contribution in [0, 0.1) is 0 Å². The number of allylic oxidation sites excluding steroid dienone is 1. The predicted octanol–water partition coefficient (Wildman–Crippen LogP) is 8.36. The molecule has 0 fully saturated rings. The van der Waals surface area contributed by atoms with Crippen molar-refractivity contribution in [2.75, 3.05) is 23.5 Å². The molecule has 1 atom stereocenters. The van der Waals surface area contributed by atoms with Crippen molar-refractivity contribution in [2.24, 2.45) is 0 Å². The molecule has 1 aliphatic rings. The van der Waals surface area contributed by atoms with Gasteiger partial charge in [-0.05, 0) is 71.2 Å². The number of nitrogens with one attached hydrogen (secondary N) is 2. The van der Waals surface area contributed by atoms with Crippen LogP contribution in [-0.4, -0.2) is 33.5 Å². The molecule has 8 nitrogen and oxygen atoms in total. The lowest BCUT2D eigenvalue weighted by molar-refractivity contribution is -0.113. The zero-order valence-corrected chi connectivity index (χ0v) is 27.0. The maximum atomic E-state index is 13.8. The van der Waals surface area contributed by atoms with Gasteiger partial charge in [0.15, 0.2) is 11.5 Å². The van der Waals surface area contributed by atoms with Gasteiger partial charge in [0.05, 0.1) is 17.2 Å². The number of anilines is 2. The van der Waals surface area contributed by atoms with Crippen LogP contribution in [0.2, 0.25) is 10.0 Å². The predicted molar refractivity (Wildman–Crippen MR) is 172 cm³/mol. The van der Waals surface area contributed by atoms with Gasteiger partial charge in [-0.15, -0.1) is 5.10 Å². The molecule has 1 unspecified atom stereocenters. The van der Waals surface area contributed by atoms with Crippen LogP contribution in [0.5, 0.6) is 11.5 Å². The van der Waals surface area contributed by atoms with E-state index in [4.69, 9.17) is 42.8 Å². The van der Waals surface area contributed by atoms with Crippen molar-refractivity contribution in [1.82, 2.24) is 14.8 Å². The number of rotatable bonds is 10. The molecule has 0 radical (unpaired) electrons. The Labute approximate surface area is 266 Å². The molecule has 218 valence electrons. The molecule has 3 aromatic carbocycles. The monoisotopic (exact) mass is 687 g/mol.